The molecule has 0 spiro atoms. The Balaban J connectivity index is 1.73. The normalized spacial score (nSPS) is 13.0. The highest BCUT2D eigenvalue weighted by molar-refractivity contribution is 6.01. The van der Waals surface area contributed by atoms with Gasteiger partial charge in [-0.25, -0.2) is 0 Å². The van der Waals surface area contributed by atoms with Gasteiger partial charge in [-0.1, -0.05) is 30.8 Å². The lowest BCUT2D eigenvalue weighted by atomic mass is 9.96. The first-order valence-electron chi connectivity index (χ1n) is 9.06. The zero-order valence-corrected chi connectivity index (χ0v) is 15.7. The molecule has 1 amide bonds. The second-order valence-corrected chi connectivity index (χ2v) is 6.84. The van der Waals surface area contributed by atoms with E-state index in [9.17, 15) is 4.79 Å². The van der Waals surface area contributed by atoms with Crippen molar-refractivity contribution < 1.29 is 9.53 Å². The number of aromatic nitrogens is 2. The monoisotopic (exact) mass is 372 g/mol. The van der Waals surface area contributed by atoms with Crippen LogP contribution in [0.2, 0.25) is 0 Å². The minimum atomic E-state index is -0.0561. The van der Waals surface area contributed by atoms with E-state index in [1.165, 1.54) is 0 Å². The molecule has 0 N–H and O–H groups in total. The van der Waals surface area contributed by atoms with Crippen LogP contribution in [0, 0.1) is 11.3 Å². The zero-order valence-electron chi connectivity index (χ0n) is 15.7. The van der Waals surface area contributed by atoms with Crippen molar-refractivity contribution >= 4 is 16.8 Å². The summed E-state index contributed by atoms with van der Waals surface area (Å²) in [6.45, 7) is 5.71. The number of nitrogens with zero attached hydrogens (tertiary/aromatic N) is 4. The largest absolute Gasteiger partial charge is 0.383 e. The molecule has 1 aliphatic heterocycles. The molecular weight excluding hydrogens is 352 g/mol. The fraction of sp³-hybridized carbons (Fsp3) is 0.227. The van der Waals surface area contributed by atoms with Crippen LogP contribution in [0.4, 0.5) is 0 Å². The molecule has 4 rings (SSSR count). The number of carbonyl (C=O) groups excluding carboxylic acids is 1. The number of ether oxygens (including phenoxy) is 1. The van der Waals surface area contributed by atoms with Crippen LogP contribution in [-0.4, -0.2) is 40.8 Å². The van der Waals surface area contributed by atoms with E-state index in [0.717, 1.165) is 27.6 Å². The summed E-state index contributed by atoms with van der Waals surface area (Å²) in [6, 6.07) is 14.0. The van der Waals surface area contributed by atoms with Gasteiger partial charge in [0, 0.05) is 30.2 Å². The van der Waals surface area contributed by atoms with Crippen LogP contribution in [-0.2, 0) is 17.8 Å². The topological polar surface area (TPSA) is 71.2 Å². The van der Waals surface area contributed by atoms with E-state index >= 15 is 0 Å². The fourth-order valence-electron chi connectivity index (χ4n) is 3.65. The van der Waals surface area contributed by atoms with Crippen molar-refractivity contribution in [3.8, 4) is 17.2 Å². The van der Waals surface area contributed by atoms with Crippen LogP contribution < -0.4 is 0 Å². The van der Waals surface area contributed by atoms with Crippen molar-refractivity contribution in [2.24, 2.45) is 0 Å². The molecule has 0 radical (unpaired) electrons. The molecule has 28 heavy (non-hydrogen) atoms. The summed E-state index contributed by atoms with van der Waals surface area (Å²) in [4.78, 5) is 14.4. The summed E-state index contributed by atoms with van der Waals surface area (Å²) >= 11 is 0. The summed E-state index contributed by atoms with van der Waals surface area (Å²) < 4.78 is 7.10. The molecule has 140 valence electrons. The third kappa shape index (κ3) is 3.06. The molecule has 2 heterocycles. The molecule has 0 unspecified atom stereocenters. The van der Waals surface area contributed by atoms with Crippen LogP contribution in [0.25, 0.3) is 22.0 Å². The second-order valence-electron chi connectivity index (χ2n) is 6.84. The standard InChI is InChI=1S/C22H20N4O2/c1-15(11-23)13-25-14-20-18(4-3-5-19(20)22(25)27)16-6-7-17-12-24-26(8-9-28-2)21(17)10-16/h3-7,10,12H,1,8-9,13-14H2,2H3. The van der Waals surface area contributed by atoms with Gasteiger partial charge in [0.25, 0.3) is 5.91 Å². The molecule has 0 atom stereocenters. The van der Waals surface area contributed by atoms with Gasteiger partial charge in [-0.15, -0.1) is 0 Å². The Morgan fingerprint density at radius 1 is 1.32 bits per heavy atom. The van der Waals surface area contributed by atoms with Crippen LogP contribution in [0.15, 0.2) is 54.7 Å². The first-order chi connectivity index (χ1) is 13.6. The van der Waals surface area contributed by atoms with Gasteiger partial charge in [0.2, 0.25) is 0 Å². The maximum Gasteiger partial charge on any atom is 0.254 e. The smallest absolute Gasteiger partial charge is 0.254 e. The average molecular weight is 372 g/mol. The molecule has 6 nitrogen and oxygen atoms in total. The Morgan fingerprint density at radius 2 is 2.14 bits per heavy atom. The number of hydrogen-bond acceptors (Lipinski definition) is 4. The number of rotatable bonds is 6. The molecular formula is C22H20N4O2. The Kier molecular flexibility index (Phi) is 4.68. The number of amides is 1. The van der Waals surface area contributed by atoms with Crippen molar-refractivity contribution in [1.82, 2.24) is 14.7 Å². The van der Waals surface area contributed by atoms with E-state index in [-0.39, 0.29) is 12.5 Å². The minimum Gasteiger partial charge on any atom is -0.383 e. The summed E-state index contributed by atoms with van der Waals surface area (Å²) in [5, 5.41) is 14.5. The lowest BCUT2D eigenvalue weighted by molar-refractivity contribution is 0.0794. The highest BCUT2D eigenvalue weighted by Crippen LogP contribution is 2.34. The maximum atomic E-state index is 12.7. The number of methoxy groups -OCH3 is 1. The highest BCUT2D eigenvalue weighted by Gasteiger charge is 2.29. The molecule has 1 aliphatic rings. The third-order valence-electron chi connectivity index (χ3n) is 5.05. The van der Waals surface area contributed by atoms with Gasteiger partial charge < -0.3 is 9.64 Å². The zero-order chi connectivity index (χ0) is 19.7. The molecule has 0 saturated heterocycles. The van der Waals surface area contributed by atoms with Crippen LogP contribution in [0.1, 0.15) is 15.9 Å². The van der Waals surface area contributed by atoms with Crippen LogP contribution in [0.3, 0.4) is 0 Å². The van der Waals surface area contributed by atoms with Gasteiger partial charge in [-0.3, -0.25) is 9.48 Å². The Labute approximate surface area is 163 Å². The molecule has 0 fully saturated rings. The van der Waals surface area contributed by atoms with E-state index < -0.39 is 0 Å². The number of benzene rings is 2. The van der Waals surface area contributed by atoms with Crippen molar-refractivity contribution in [3.63, 3.8) is 0 Å². The Morgan fingerprint density at radius 3 is 2.93 bits per heavy atom. The number of nitriles is 1. The van der Waals surface area contributed by atoms with Crippen molar-refractivity contribution in [2.45, 2.75) is 13.1 Å². The quantitative estimate of drug-likeness (QED) is 0.622. The predicted octanol–water partition coefficient (Wildman–Crippen LogP) is 3.39. The lowest BCUT2D eigenvalue weighted by Crippen LogP contribution is -2.25. The summed E-state index contributed by atoms with van der Waals surface area (Å²) in [7, 11) is 1.67. The van der Waals surface area contributed by atoms with Crippen molar-refractivity contribution in [3.05, 3.63) is 65.9 Å². The van der Waals surface area contributed by atoms with Gasteiger partial charge in [-0.05, 0) is 28.8 Å². The Bertz CT molecular complexity index is 1120. The SMILES string of the molecule is C=C(C#N)CN1Cc2c(cccc2-c2ccc3cnn(CCOC)c3c2)C1=O. The average Bonchev–Trinajstić information content (AvgIpc) is 3.26. The van der Waals surface area contributed by atoms with Gasteiger partial charge in [0.1, 0.15) is 0 Å². The Hall–Kier alpha value is -3.43. The first-order valence-corrected chi connectivity index (χ1v) is 9.06. The van der Waals surface area contributed by atoms with Crippen LogP contribution in [0.5, 0.6) is 0 Å². The predicted molar refractivity (Wildman–Crippen MR) is 107 cm³/mol. The molecule has 2 aromatic carbocycles. The van der Waals surface area contributed by atoms with E-state index in [2.05, 4.69) is 23.8 Å². The van der Waals surface area contributed by atoms with Gasteiger partial charge in [0.05, 0.1) is 37.5 Å². The number of hydrogen-bond donors (Lipinski definition) is 0. The lowest BCUT2D eigenvalue weighted by Gasteiger charge is -2.14. The minimum absolute atomic E-state index is 0.0561. The molecule has 0 bridgehead atoms. The summed E-state index contributed by atoms with van der Waals surface area (Å²) in [5.74, 6) is -0.0561. The van der Waals surface area contributed by atoms with Gasteiger partial charge in [0.15, 0.2) is 0 Å². The molecule has 1 aromatic heterocycles. The van der Waals surface area contributed by atoms with E-state index in [1.807, 2.05) is 41.2 Å². The summed E-state index contributed by atoms with van der Waals surface area (Å²) in [5.41, 5.74) is 5.16. The van der Waals surface area contributed by atoms with E-state index in [1.54, 1.807) is 12.0 Å². The van der Waals surface area contributed by atoms with Crippen LogP contribution >= 0.6 is 0 Å². The number of carbonyl (C=O) groups is 1. The van der Waals surface area contributed by atoms with E-state index in [4.69, 9.17) is 10.00 Å². The van der Waals surface area contributed by atoms with Gasteiger partial charge >= 0.3 is 0 Å². The first kappa shape index (κ1) is 18.0. The van der Waals surface area contributed by atoms with Gasteiger partial charge in [-0.2, -0.15) is 10.4 Å². The molecule has 3 aromatic rings. The third-order valence-corrected chi connectivity index (χ3v) is 5.05. The fourth-order valence-corrected chi connectivity index (χ4v) is 3.65. The highest BCUT2D eigenvalue weighted by atomic mass is 16.5. The van der Waals surface area contributed by atoms with Crippen molar-refractivity contribution in [1.29, 1.82) is 5.26 Å². The second kappa shape index (κ2) is 7.29. The molecule has 0 saturated carbocycles. The summed E-state index contributed by atoms with van der Waals surface area (Å²) in [6.07, 6.45) is 1.85. The molecule has 0 aliphatic carbocycles. The number of fused-ring (bicyclic) bond motifs is 2. The van der Waals surface area contributed by atoms with Crippen molar-refractivity contribution in [2.75, 3.05) is 20.3 Å². The van der Waals surface area contributed by atoms with E-state index in [0.29, 0.717) is 30.8 Å². The molecule has 6 heteroatoms. The maximum absolute atomic E-state index is 12.7.